The van der Waals surface area contributed by atoms with Crippen molar-refractivity contribution in [3.8, 4) is 11.5 Å². The van der Waals surface area contributed by atoms with Crippen LogP contribution < -0.4 is 15.1 Å². The minimum Gasteiger partial charge on any atom is -0.406 e. The third kappa shape index (κ3) is 6.46. The number of hydrogen-bond acceptors (Lipinski definition) is 5. The van der Waals surface area contributed by atoms with Crippen LogP contribution in [0.15, 0.2) is 71.1 Å². The van der Waals surface area contributed by atoms with Gasteiger partial charge in [-0.3, -0.25) is 4.79 Å². The summed E-state index contributed by atoms with van der Waals surface area (Å²) in [5, 5.41) is 0. The van der Waals surface area contributed by atoms with Gasteiger partial charge in [0.25, 0.3) is 5.91 Å². The van der Waals surface area contributed by atoms with Crippen LogP contribution in [0.4, 0.5) is 13.2 Å². The van der Waals surface area contributed by atoms with Crippen molar-refractivity contribution in [1.82, 2.24) is 9.79 Å². The Morgan fingerprint density at radius 1 is 0.968 bits per heavy atom. The van der Waals surface area contributed by atoms with Crippen molar-refractivity contribution in [2.45, 2.75) is 24.1 Å². The van der Waals surface area contributed by atoms with E-state index >= 15 is 0 Å². The molecule has 1 saturated heterocycles. The van der Waals surface area contributed by atoms with Gasteiger partial charge < -0.3 is 9.57 Å². The first-order valence-corrected chi connectivity index (χ1v) is 10.6. The maximum atomic E-state index is 12.7. The van der Waals surface area contributed by atoms with Crippen LogP contribution in [0.5, 0.6) is 11.5 Å². The topological polar surface area (TPSA) is 84.9 Å². The fourth-order valence-corrected chi connectivity index (χ4v) is 4.37. The second kappa shape index (κ2) is 9.40. The SMILES string of the molecule is O=C(C=C1CCN(S(=O)(=O)c2ccc(OC(F)(F)F)cc2)CC1)NOc1ccccc1. The molecule has 3 rings (SSSR count). The smallest absolute Gasteiger partial charge is 0.406 e. The van der Waals surface area contributed by atoms with E-state index in [2.05, 4.69) is 10.2 Å². The van der Waals surface area contributed by atoms with Crippen molar-refractivity contribution in [2.24, 2.45) is 0 Å². The molecular formula is C20H19F3N2O5S. The predicted octanol–water partition coefficient (Wildman–Crippen LogP) is 3.41. The molecule has 1 aliphatic heterocycles. The summed E-state index contributed by atoms with van der Waals surface area (Å²) in [5.74, 6) is -0.490. The summed E-state index contributed by atoms with van der Waals surface area (Å²) in [6.07, 6.45) is -2.80. The van der Waals surface area contributed by atoms with Gasteiger partial charge in [-0.25, -0.2) is 8.42 Å². The van der Waals surface area contributed by atoms with E-state index in [4.69, 9.17) is 4.84 Å². The van der Waals surface area contributed by atoms with Gasteiger partial charge in [-0.1, -0.05) is 23.8 Å². The van der Waals surface area contributed by atoms with Crippen LogP contribution in [0.3, 0.4) is 0 Å². The highest BCUT2D eigenvalue weighted by molar-refractivity contribution is 7.89. The van der Waals surface area contributed by atoms with Crippen LogP contribution >= 0.6 is 0 Å². The number of carbonyl (C=O) groups excluding carboxylic acids is 1. The molecular weight excluding hydrogens is 437 g/mol. The highest BCUT2D eigenvalue weighted by Crippen LogP contribution is 2.27. The lowest BCUT2D eigenvalue weighted by Crippen LogP contribution is -2.36. The molecule has 0 spiro atoms. The molecule has 166 valence electrons. The number of halogens is 3. The van der Waals surface area contributed by atoms with Crippen LogP contribution in [0, 0.1) is 0 Å². The van der Waals surface area contributed by atoms with Crippen LogP contribution in [0.2, 0.25) is 0 Å². The lowest BCUT2D eigenvalue weighted by atomic mass is 10.1. The van der Waals surface area contributed by atoms with Crippen molar-refractivity contribution in [3.63, 3.8) is 0 Å². The number of nitrogens with one attached hydrogen (secondary N) is 1. The minimum absolute atomic E-state index is 0.136. The van der Waals surface area contributed by atoms with Crippen molar-refractivity contribution >= 4 is 15.9 Å². The molecule has 0 atom stereocenters. The first-order chi connectivity index (χ1) is 14.6. The molecule has 0 aliphatic carbocycles. The highest BCUT2D eigenvalue weighted by Gasteiger charge is 2.32. The van der Waals surface area contributed by atoms with Crippen LogP contribution in [0.25, 0.3) is 0 Å². The molecule has 11 heteroatoms. The van der Waals surface area contributed by atoms with Gasteiger partial charge in [0, 0.05) is 19.2 Å². The number of amides is 1. The second-order valence-corrected chi connectivity index (χ2v) is 8.55. The molecule has 0 unspecified atom stereocenters. The first kappa shape index (κ1) is 22.6. The first-order valence-electron chi connectivity index (χ1n) is 9.21. The summed E-state index contributed by atoms with van der Waals surface area (Å²) in [7, 11) is -3.88. The highest BCUT2D eigenvalue weighted by atomic mass is 32.2. The molecule has 1 amide bonds. The Balaban J connectivity index is 1.55. The lowest BCUT2D eigenvalue weighted by molar-refractivity contribution is -0.274. The number of nitrogens with zero attached hydrogens (tertiary/aromatic N) is 1. The van der Waals surface area contributed by atoms with Gasteiger partial charge >= 0.3 is 6.36 Å². The molecule has 0 radical (unpaired) electrons. The summed E-state index contributed by atoms with van der Waals surface area (Å²) < 4.78 is 67.1. The van der Waals surface area contributed by atoms with Gasteiger partial charge in [0.15, 0.2) is 5.75 Å². The quantitative estimate of drug-likeness (QED) is 0.532. The maximum absolute atomic E-state index is 12.7. The zero-order chi connectivity index (χ0) is 22.5. The Morgan fingerprint density at radius 3 is 2.16 bits per heavy atom. The number of alkyl halides is 3. The van der Waals surface area contributed by atoms with E-state index in [-0.39, 0.29) is 18.0 Å². The number of piperidine rings is 1. The van der Waals surface area contributed by atoms with Gasteiger partial charge in [-0.15, -0.1) is 13.2 Å². The van der Waals surface area contributed by atoms with Gasteiger partial charge in [0.2, 0.25) is 10.0 Å². The van der Waals surface area contributed by atoms with Crippen molar-refractivity contribution in [3.05, 3.63) is 66.2 Å². The maximum Gasteiger partial charge on any atom is 0.573 e. The second-order valence-electron chi connectivity index (χ2n) is 6.61. The molecule has 0 saturated carbocycles. The van der Waals surface area contributed by atoms with Gasteiger partial charge in [0.05, 0.1) is 4.90 Å². The van der Waals surface area contributed by atoms with E-state index in [0.717, 1.165) is 29.8 Å². The Bertz CT molecular complexity index is 1030. The van der Waals surface area contributed by atoms with E-state index in [1.165, 1.54) is 10.4 Å². The fourth-order valence-electron chi connectivity index (χ4n) is 2.93. The number of hydrogen-bond donors (Lipinski definition) is 1. The Kier molecular flexibility index (Phi) is 6.86. The standard InChI is InChI=1S/C20H19F3N2O5S/c21-20(22,23)29-16-6-8-18(9-7-16)31(27,28)25-12-10-15(11-13-25)14-19(26)24-30-17-4-2-1-3-5-17/h1-9,14H,10-13H2,(H,24,26). The van der Waals surface area contributed by atoms with Crippen LogP contribution in [0.1, 0.15) is 12.8 Å². The van der Waals surface area contributed by atoms with E-state index < -0.39 is 28.0 Å². The van der Waals surface area contributed by atoms with E-state index in [1.54, 1.807) is 24.3 Å². The van der Waals surface area contributed by atoms with Gasteiger partial charge in [-0.05, 0) is 49.2 Å². The fraction of sp³-hybridized carbons (Fsp3) is 0.250. The van der Waals surface area contributed by atoms with E-state index in [1.807, 2.05) is 6.07 Å². The molecule has 2 aromatic rings. The van der Waals surface area contributed by atoms with Crippen LogP contribution in [-0.4, -0.2) is 38.1 Å². The molecule has 1 N–H and O–H groups in total. The normalized spacial score (nSPS) is 15.3. The zero-order valence-corrected chi connectivity index (χ0v) is 16.9. The molecule has 1 aliphatic rings. The summed E-state index contributed by atoms with van der Waals surface area (Å²) >= 11 is 0. The summed E-state index contributed by atoms with van der Waals surface area (Å²) in [4.78, 5) is 17.0. The molecule has 0 aromatic heterocycles. The summed E-state index contributed by atoms with van der Waals surface area (Å²) in [6, 6.07) is 12.7. The Hall–Kier alpha value is -3.05. The number of sulfonamides is 1. The van der Waals surface area contributed by atoms with Gasteiger partial charge in [-0.2, -0.15) is 9.79 Å². The third-order valence-electron chi connectivity index (χ3n) is 4.41. The van der Waals surface area contributed by atoms with Crippen molar-refractivity contribution in [2.75, 3.05) is 13.1 Å². The monoisotopic (exact) mass is 456 g/mol. The number of carbonyl (C=O) groups is 1. The Morgan fingerprint density at radius 2 is 1.58 bits per heavy atom. The number of hydroxylamine groups is 1. The molecule has 1 fully saturated rings. The molecule has 1 heterocycles. The van der Waals surface area contributed by atoms with Crippen molar-refractivity contribution in [1.29, 1.82) is 0 Å². The molecule has 7 nitrogen and oxygen atoms in total. The molecule has 2 aromatic carbocycles. The number of rotatable bonds is 6. The number of benzene rings is 2. The van der Waals surface area contributed by atoms with Gasteiger partial charge in [0.1, 0.15) is 5.75 Å². The zero-order valence-electron chi connectivity index (χ0n) is 16.1. The van der Waals surface area contributed by atoms with E-state index in [9.17, 15) is 26.4 Å². The average Bonchev–Trinajstić information content (AvgIpc) is 2.73. The average molecular weight is 456 g/mol. The number of ether oxygens (including phenoxy) is 1. The largest absolute Gasteiger partial charge is 0.573 e. The molecule has 0 bridgehead atoms. The third-order valence-corrected chi connectivity index (χ3v) is 6.32. The minimum atomic E-state index is -4.85. The van der Waals surface area contributed by atoms with Crippen LogP contribution in [-0.2, 0) is 14.8 Å². The van der Waals surface area contributed by atoms with Crippen molar-refractivity contribution < 1.29 is 36.0 Å². The molecule has 31 heavy (non-hydrogen) atoms. The van der Waals surface area contributed by atoms with E-state index in [0.29, 0.717) is 18.6 Å². The lowest BCUT2D eigenvalue weighted by Gasteiger charge is -2.27. The predicted molar refractivity (Wildman–Crippen MR) is 104 cm³/mol. The Labute approximate surface area is 177 Å². The number of para-hydroxylation sites is 1. The summed E-state index contributed by atoms with van der Waals surface area (Å²) in [5.41, 5.74) is 3.05. The summed E-state index contributed by atoms with van der Waals surface area (Å²) in [6.45, 7) is 0.281.